The summed E-state index contributed by atoms with van der Waals surface area (Å²) in [6.07, 6.45) is 0. The molecule has 1 saturated heterocycles. The Bertz CT molecular complexity index is 652. The standard InChI is InChI=1S/C18H24N2O4/c1-11(2)20-8-14(9-20)18(22)19(4)12(3)17(21)13-5-6-15-16(7-13)24-10-23-15/h5-7,11-12,14H,8-10H2,1-4H3/t12-/m1/s1. The van der Waals surface area contributed by atoms with Gasteiger partial charge in [0.1, 0.15) is 0 Å². The summed E-state index contributed by atoms with van der Waals surface area (Å²) in [7, 11) is 1.70. The third-order valence-corrected chi connectivity index (χ3v) is 4.95. The Morgan fingerprint density at radius 2 is 1.83 bits per heavy atom. The average molecular weight is 332 g/mol. The van der Waals surface area contributed by atoms with E-state index in [2.05, 4.69) is 18.7 Å². The summed E-state index contributed by atoms with van der Waals surface area (Å²) in [6, 6.07) is 5.08. The number of benzene rings is 1. The molecular formula is C18H24N2O4. The number of ether oxygens (including phenoxy) is 2. The van der Waals surface area contributed by atoms with E-state index in [1.165, 1.54) is 0 Å². The number of nitrogens with zero attached hydrogens (tertiary/aromatic N) is 2. The van der Waals surface area contributed by atoms with Gasteiger partial charge in [-0.1, -0.05) is 0 Å². The first-order chi connectivity index (χ1) is 11.4. The van der Waals surface area contributed by atoms with E-state index in [0.717, 1.165) is 13.1 Å². The van der Waals surface area contributed by atoms with E-state index >= 15 is 0 Å². The zero-order valence-electron chi connectivity index (χ0n) is 14.6. The van der Waals surface area contributed by atoms with Gasteiger partial charge in [0.2, 0.25) is 12.7 Å². The van der Waals surface area contributed by atoms with Crippen LogP contribution in [0.1, 0.15) is 31.1 Å². The molecule has 0 radical (unpaired) electrons. The molecule has 0 aromatic heterocycles. The highest BCUT2D eigenvalue weighted by Crippen LogP contribution is 2.33. The molecule has 0 unspecified atom stereocenters. The molecule has 2 aliphatic rings. The lowest BCUT2D eigenvalue weighted by atomic mass is 9.95. The largest absolute Gasteiger partial charge is 0.454 e. The van der Waals surface area contributed by atoms with Crippen molar-refractivity contribution in [1.82, 2.24) is 9.80 Å². The maximum atomic E-state index is 12.7. The predicted octanol–water partition coefficient (Wildman–Crippen LogP) is 1.79. The molecule has 24 heavy (non-hydrogen) atoms. The molecule has 1 aromatic rings. The summed E-state index contributed by atoms with van der Waals surface area (Å²) in [4.78, 5) is 29.1. The first-order valence-electron chi connectivity index (χ1n) is 8.33. The quantitative estimate of drug-likeness (QED) is 0.770. The Hall–Kier alpha value is -2.08. The van der Waals surface area contributed by atoms with Crippen LogP contribution in [-0.2, 0) is 4.79 Å². The number of Topliss-reactive ketones (excluding diaryl/α,β-unsaturated/α-hetero) is 1. The molecule has 130 valence electrons. The van der Waals surface area contributed by atoms with Crippen molar-refractivity contribution in [1.29, 1.82) is 0 Å². The van der Waals surface area contributed by atoms with Gasteiger partial charge in [0.05, 0.1) is 12.0 Å². The highest BCUT2D eigenvalue weighted by Gasteiger charge is 2.37. The van der Waals surface area contributed by atoms with E-state index < -0.39 is 6.04 Å². The third kappa shape index (κ3) is 2.98. The maximum Gasteiger partial charge on any atom is 0.231 e. The van der Waals surface area contributed by atoms with Gasteiger partial charge < -0.3 is 14.4 Å². The van der Waals surface area contributed by atoms with Crippen LogP contribution in [0.25, 0.3) is 0 Å². The second kappa shape index (κ2) is 6.43. The smallest absolute Gasteiger partial charge is 0.231 e. The Balaban J connectivity index is 1.64. The second-order valence-corrected chi connectivity index (χ2v) is 6.80. The number of likely N-dealkylation sites (tertiary alicyclic amines) is 1. The number of ketones is 1. The lowest BCUT2D eigenvalue weighted by Gasteiger charge is -2.43. The maximum absolute atomic E-state index is 12.7. The number of likely N-dealkylation sites (N-methyl/N-ethyl adjacent to an activating group) is 1. The van der Waals surface area contributed by atoms with E-state index in [1.54, 1.807) is 37.1 Å². The number of hydrogen-bond donors (Lipinski definition) is 0. The molecule has 1 fully saturated rings. The predicted molar refractivity (Wildman–Crippen MR) is 89.3 cm³/mol. The van der Waals surface area contributed by atoms with Crippen LogP contribution in [0.5, 0.6) is 11.5 Å². The van der Waals surface area contributed by atoms with E-state index in [-0.39, 0.29) is 24.4 Å². The van der Waals surface area contributed by atoms with Gasteiger partial charge in [0.15, 0.2) is 17.3 Å². The van der Waals surface area contributed by atoms with Crippen LogP contribution in [0.2, 0.25) is 0 Å². The lowest BCUT2D eigenvalue weighted by molar-refractivity contribution is -0.141. The van der Waals surface area contributed by atoms with Gasteiger partial charge in [-0.3, -0.25) is 14.5 Å². The first-order valence-corrected chi connectivity index (χ1v) is 8.33. The van der Waals surface area contributed by atoms with E-state index in [0.29, 0.717) is 23.1 Å². The van der Waals surface area contributed by atoms with Crippen LogP contribution in [0.3, 0.4) is 0 Å². The fourth-order valence-corrected chi connectivity index (χ4v) is 3.04. The fourth-order valence-electron chi connectivity index (χ4n) is 3.04. The fraction of sp³-hybridized carbons (Fsp3) is 0.556. The molecule has 6 heteroatoms. The van der Waals surface area contributed by atoms with Gasteiger partial charge in [-0.25, -0.2) is 0 Å². The van der Waals surface area contributed by atoms with Crippen molar-refractivity contribution in [3.8, 4) is 11.5 Å². The number of rotatable bonds is 5. The van der Waals surface area contributed by atoms with Gasteiger partial charge in [-0.15, -0.1) is 0 Å². The molecule has 0 aliphatic carbocycles. The molecule has 6 nitrogen and oxygen atoms in total. The minimum absolute atomic E-state index is 0.00981. The highest BCUT2D eigenvalue weighted by atomic mass is 16.7. The number of hydrogen-bond acceptors (Lipinski definition) is 5. The SMILES string of the molecule is CC(C)N1CC(C(=O)N(C)[C@H](C)C(=O)c2ccc3c(c2)OCO3)C1. The van der Waals surface area contributed by atoms with Gasteiger partial charge in [0, 0.05) is 31.7 Å². The zero-order chi connectivity index (χ0) is 17.4. The Labute approximate surface area is 142 Å². The van der Waals surface area contributed by atoms with Crippen molar-refractivity contribution in [3.63, 3.8) is 0 Å². The normalized spacial score (nSPS) is 18.4. The van der Waals surface area contributed by atoms with E-state index in [1.807, 2.05) is 0 Å². The molecule has 1 amide bonds. The van der Waals surface area contributed by atoms with Crippen molar-refractivity contribution >= 4 is 11.7 Å². The lowest BCUT2D eigenvalue weighted by Crippen LogP contribution is -2.57. The average Bonchev–Trinajstić information content (AvgIpc) is 2.98. The van der Waals surface area contributed by atoms with Crippen molar-refractivity contribution in [3.05, 3.63) is 23.8 Å². The topological polar surface area (TPSA) is 59.1 Å². The van der Waals surface area contributed by atoms with Crippen LogP contribution >= 0.6 is 0 Å². The zero-order valence-corrected chi connectivity index (χ0v) is 14.6. The van der Waals surface area contributed by atoms with Gasteiger partial charge >= 0.3 is 0 Å². The van der Waals surface area contributed by atoms with Gasteiger partial charge in [0.25, 0.3) is 0 Å². The van der Waals surface area contributed by atoms with Crippen molar-refractivity contribution in [2.45, 2.75) is 32.9 Å². The summed E-state index contributed by atoms with van der Waals surface area (Å²) < 4.78 is 10.6. The monoisotopic (exact) mass is 332 g/mol. The Morgan fingerprint density at radius 3 is 2.50 bits per heavy atom. The van der Waals surface area contributed by atoms with E-state index in [9.17, 15) is 9.59 Å². The first kappa shape index (κ1) is 16.8. The Kier molecular flexibility index (Phi) is 4.49. The van der Waals surface area contributed by atoms with Crippen molar-refractivity contribution < 1.29 is 19.1 Å². The number of fused-ring (bicyclic) bond motifs is 1. The van der Waals surface area contributed by atoms with E-state index in [4.69, 9.17) is 9.47 Å². The van der Waals surface area contributed by atoms with Crippen molar-refractivity contribution in [2.75, 3.05) is 26.9 Å². The summed E-state index contributed by atoms with van der Waals surface area (Å²) in [6.45, 7) is 7.72. The van der Waals surface area contributed by atoms with Gasteiger partial charge in [-0.05, 0) is 39.0 Å². The summed E-state index contributed by atoms with van der Waals surface area (Å²) in [5.41, 5.74) is 0.531. The van der Waals surface area contributed by atoms with Crippen LogP contribution in [-0.4, -0.2) is 60.5 Å². The van der Waals surface area contributed by atoms with Crippen LogP contribution in [0.4, 0.5) is 0 Å². The van der Waals surface area contributed by atoms with Crippen LogP contribution in [0, 0.1) is 5.92 Å². The molecule has 1 atom stereocenters. The number of amides is 1. The van der Waals surface area contributed by atoms with Gasteiger partial charge in [-0.2, -0.15) is 0 Å². The summed E-state index contributed by atoms with van der Waals surface area (Å²) >= 11 is 0. The van der Waals surface area contributed by atoms with Crippen LogP contribution in [0.15, 0.2) is 18.2 Å². The summed E-state index contributed by atoms with van der Waals surface area (Å²) in [5.74, 6) is 1.16. The third-order valence-electron chi connectivity index (χ3n) is 4.95. The number of carbonyl (C=O) groups is 2. The minimum Gasteiger partial charge on any atom is -0.454 e. The minimum atomic E-state index is -0.508. The summed E-state index contributed by atoms with van der Waals surface area (Å²) in [5, 5.41) is 0. The molecule has 0 N–H and O–H groups in total. The molecule has 0 spiro atoms. The molecule has 2 heterocycles. The second-order valence-electron chi connectivity index (χ2n) is 6.80. The molecular weight excluding hydrogens is 308 g/mol. The molecule has 0 bridgehead atoms. The molecule has 3 rings (SSSR count). The highest BCUT2D eigenvalue weighted by molar-refractivity contribution is 6.02. The molecule has 2 aliphatic heterocycles. The number of carbonyl (C=O) groups excluding carboxylic acids is 2. The van der Waals surface area contributed by atoms with Crippen LogP contribution < -0.4 is 9.47 Å². The van der Waals surface area contributed by atoms with Crippen molar-refractivity contribution in [2.24, 2.45) is 5.92 Å². The molecule has 0 saturated carbocycles. The molecule has 1 aromatic carbocycles. The Morgan fingerprint density at radius 1 is 1.17 bits per heavy atom.